The van der Waals surface area contributed by atoms with Crippen LogP contribution in [-0.4, -0.2) is 67.8 Å². The zero-order valence-corrected chi connectivity index (χ0v) is 15.5. The SMILES string of the molecule is CN(CCCc1nccn1C)C(=O)[C@@H](CO)NCc1cc(C(=O)O)ccn1. The Hall–Kier alpha value is -2.78. The summed E-state index contributed by atoms with van der Waals surface area (Å²) in [7, 11) is 3.62. The minimum Gasteiger partial charge on any atom is -0.478 e. The van der Waals surface area contributed by atoms with Gasteiger partial charge < -0.3 is 19.7 Å². The van der Waals surface area contributed by atoms with Crippen LogP contribution in [0.5, 0.6) is 0 Å². The summed E-state index contributed by atoms with van der Waals surface area (Å²) in [6.45, 7) is 0.358. The first-order valence-corrected chi connectivity index (χ1v) is 8.66. The van der Waals surface area contributed by atoms with Crippen LogP contribution in [0.2, 0.25) is 0 Å². The molecular formula is C18H25N5O4. The quantitative estimate of drug-likeness (QED) is 0.537. The molecule has 27 heavy (non-hydrogen) atoms. The molecule has 0 aliphatic rings. The van der Waals surface area contributed by atoms with Gasteiger partial charge in [0.05, 0.1) is 17.9 Å². The van der Waals surface area contributed by atoms with E-state index in [0.717, 1.165) is 18.7 Å². The maximum atomic E-state index is 12.5. The predicted octanol–water partition coefficient (Wildman–Crippen LogP) is 0.0550. The highest BCUT2D eigenvalue weighted by Gasteiger charge is 2.21. The third kappa shape index (κ3) is 5.87. The highest BCUT2D eigenvalue weighted by atomic mass is 16.4. The minimum atomic E-state index is -1.04. The second kappa shape index (κ2) is 9.79. The van der Waals surface area contributed by atoms with E-state index in [1.807, 2.05) is 17.8 Å². The van der Waals surface area contributed by atoms with Gasteiger partial charge in [0.25, 0.3) is 0 Å². The van der Waals surface area contributed by atoms with Crippen LogP contribution in [0.15, 0.2) is 30.7 Å². The Balaban J connectivity index is 1.84. The van der Waals surface area contributed by atoms with Gasteiger partial charge in [-0.2, -0.15) is 0 Å². The first-order chi connectivity index (χ1) is 12.9. The second-order valence-corrected chi connectivity index (χ2v) is 6.27. The number of imidazole rings is 1. The first kappa shape index (κ1) is 20.5. The summed E-state index contributed by atoms with van der Waals surface area (Å²) < 4.78 is 1.94. The van der Waals surface area contributed by atoms with Crippen molar-refractivity contribution in [1.29, 1.82) is 0 Å². The fourth-order valence-electron chi connectivity index (χ4n) is 2.65. The molecule has 1 amide bonds. The van der Waals surface area contributed by atoms with Gasteiger partial charge in [0, 0.05) is 52.2 Å². The van der Waals surface area contributed by atoms with Gasteiger partial charge in [-0.15, -0.1) is 0 Å². The van der Waals surface area contributed by atoms with E-state index in [1.165, 1.54) is 18.3 Å². The lowest BCUT2D eigenvalue weighted by Gasteiger charge is -2.23. The largest absolute Gasteiger partial charge is 0.478 e. The zero-order chi connectivity index (χ0) is 19.8. The highest BCUT2D eigenvalue weighted by molar-refractivity contribution is 5.87. The Labute approximate surface area is 157 Å². The van der Waals surface area contributed by atoms with E-state index in [0.29, 0.717) is 12.2 Å². The zero-order valence-electron chi connectivity index (χ0n) is 15.5. The lowest BCUT2D eigenvalue weighted by atomic mass is 10.2. The molecule has 0 spiro atoms. The summed E-state index contributed by atoms with van der Waals surface area (Å²) in [5, 5.41) is 21.5. The van der Waals surface area contributed by atoms with Crippen molar-refractivity contribution in [3.63, 3.8) is 0 Å². The summed E-state index contributed by atoms with van der Waals surface area (Å²) in [5.74, 6) is -0.315. The van der Waals surface area contributed by atoms with Gasteiger partial charge >= 0.3 is 5.97 Å². The van der Waals surface area contributed by atoms with Crippen molar-refractivity contribution in [3.05, 3.63) is 47.8 Å². The first-order valence-electron chi connectivity index (χ1n) is 8.66. The van der Waals surface area contributed by atoms with E-state index in [9.17, 15) is 14.7 Å². The lowest BCUT2D eigenvalue weighted by Crippen LogP contribution is -2.47. The van der Waals surface area contributed by atoms with Gasteiger partial charge in [0.1, 0.15) is 11.9 Å². The van der Waals surface area contributed by atoms with E-state index < -0.39 is 12.0 Å². The van der Waals surface area contributed by atoms with Crippen LogP contribution in [0.4, 0.5) is 0 Å². The molecule has 146 valence electrons. The number of amides is 1. The summed E-state index contributed by atoms with van der Waals surface area (Å²) in [4.78, 5) is 33.4. The van der Waals surface area contributed by atoms with Crippen LogP contribution in [0.3, 0.4) is 0 Å². The van der Waals surface area contributed by atoms with Crippen molar-refractivity contribution in [3.8, 4) is 0 Å². The number of nitrogens with one attached hydrogen (secondary N) is 1. The van der Waals surface area contributed by atoms with Crippen molar-refractivity contribution in [1.82, 2.24) is 24.8 Å². The number of carboxylic acid groups (broad SMARTS) is 1. The average Bonchev–Trinajstić information content (AvgIpc) is 3.07. The number of rotatable bonds is 10. The number of likely N-dealkylation sites (N-methyl/N-ethyl adjacent to an activating group) is 1. The summed E-state index contributed by atoms with van der Waals surface area (Å²) >= 11 is 0. The fourth-order valence-corrected chi connectivity index (χ4v) is 2.65. The summed E-state index contributed by atoms with van der Waals surface area (Å²) in [5.41, 5.74) is 0.610. The molecule has 9 heteroatoms. The van der Waals surface area contributed by atoms with Crippen LogP contribution in [-0.2, 0) is 24.8 Å². The predicted molar refractivity (Wildman–Crippen MR) is 98.1 cm³/mol. The number of pyridine rings is 1. The van der Waals surface area contributed by atoms with Crippen molar-refractivity contribution >= 4 is 11.9 Å². The van der Waals surface area contributed by atoms with Crippen molar-refractivity contribution in [2.45, 2.75) is 25.4 Å². The maximum Gasteiger partial charge on any atom is 0.335 e. The van der Waals surface area contributed by atoms with Gasteiger partial charge in [0.2, 0.25) is 5.91 Å². The monoisotopic (exact) mass is 375 g/mol. The molecule has 2 aromatic rings. The van der Waals surface area contributed by atoms with Gasteiger partial charge in [-0.3, -0.25) is 15.1 Å². The molecule has 3 N–H and O–H groups in total. The van der Waals surface area contributed by atoms with E-state index in [-0.39, 0.29) is 24.6 Å². The molecule has 0 aliphatic heterocycles. The van der Waals surface area contributed by atoms with Crippen molar-refractivity contribution in [2.75, 3.05) is 20.2 Å². The molecule has 0 aromatic carbocycles. The summed E-state index contributed by atoms with van der Waals surface area (Å²) in [6, 6.07) is 2.05. The van der Waals surface area contributed by atoms with Crippen molar-refractivity contribution in [2.24, 2.45) is 7.05 Å². The molecule has 0 bridgehead atoms. The van der Waals surface area contributed by atoms with Crippen molar-refractivity contribution < 1.29 is 19.8 Å². The standard InChI is InChI=1S/C18H25N5O4/c1-22-9-7-20-16(22)4-3-8-23(2)17(25)15(12-24)21-11-14-10-13(18(26)27)5-6-19-14/h5-7,9-10,15,21,24H,3-4,8,11-12H2,1-2H3,(H,26,27)/t15-/m1/s1. The Morgan fingerprint density at radius 1 is 1.33 bits per heavy atom. The molecular weight excluding hydrogens is 350 g/mol. The molecule has 0 saturated heterocycles. The fraction of sp³-hybridized carbons (Fsp3) is 0.444. The Morgan fingerprint density at radius 2 is 2.11 bits per heavy atom. The molecule has 0 aliphatic carbocycles. The molecule has 2 aromatic heterocycles. The number of aromatic carboxylic acids is 1. The van der Waals surface area contributed by atoms with Gasteiger partial charge in [-0.1, -0.05) is 0 Å². The Bertz CT molecular complexity index is 777. The number of aliphatic hydroxyl groups is 1. The van der Waals surface area contributed by atoms with Crippen LogP contribution in [0.1, 0.15) is 28.3 Å². The molecule has 9 nitrogen and oxygen atoms in total. The topological polar surface area (TPSA) is 121 Å². The third-order valence-corrected chi connectivity index (χ3v) is 4.26. The van der Waals surface area contributed by atoms with Crippen LogP contribution in [0.25, 0.3) is 0 Å². The number of aromatic nitrogens is 3. The maximum absolute atomic E-state index is 12.5. The smallest absolute Gasteiger partial charge is 0.335 e. The van der Waals surface area contributed by atoms with E-state index >= 15 is 0 Å². The molecule has 2 rings (SSSR count). The average molecular weight is 375 g/mol. The molecule has 0 unspecified atom stereocenters. The van der Waals surface area contributed by atoms with Gasteiger partial charge in [-0.05, 0) is 18.6 Å². The number of carboxylic acids is 1. The molecule has 0 radical (unpaired) electrons. The third-order valence-electron chi connectivity index (χ3n) is 4.26. The number of nitrogens with zero attached hydrogens (tertiary/aromatic N) is 4. The normalized spacial score (nSPS) is 12.0. The molecule has 1 atom stereocenters. The summed E-state index contributed by atoms with van der Waals surface area (Å²) in [6.07, 6.45) is 6.53. The highest BCUT2D eigenvalue weighted by Crippen LogP contribution is 2.04. The Morgan fingerprint density at radius 3 is 2.74 bits per heavy atom. The number of aliphatic hydroxyl groups excluding tert-OH is 1. The number of carbonyl (C=O) groups is 2. The molecule has 0 saturated carbocycles. The van der Waals surface area contributed by atoms with E-state index in [1.54, 1.807) is 18.1 Å². The molecule has 0 fully saturated rings. The lowest BCUT2D eigenvalue weighted by molar-refractivity contribution is -0.133. The van der Waals surface area contributed by atoms with Gasteiger partial charge in [-0.25, -0.2) is 9.78 Å². The minimum absolute atomic E-state index is 0.125. The van der Waals surface area contributed by atoms with Crippen LogP contribution >= 0.6 is 0 Å². The number of hydrogen-bond acceptors (Lipinski definition) is 6. The van der Waals surface area contributed by atoms with Gasteiger partial charge in [0.15, 0.2) is 0 Å². The second-order valence-electron chi connectivity index (χ2n) is 6.27. The number of hydrogen-bond donors (Lipinski definition) is 3. The van der Waals surface area contributed by atoms with Crippen LogP contribution in [0, 0.1) is 0 Å². The number of aryl methyl sites for hydroxylation is 2. The Kier molecular flexibility index (Phi) is 7.44. The van der Waals surface area contributed by atoms with E-state index in [4.69, 9.17) is 5.11 Å². The van der Waals surface area contributed by atoms with Crippen LogP contribution < -0.4 is 5.32 Å². The molecule has 2 heterocycles. The number of carbonyl (C=O) groups excluding carboxylic acids is 1. The van der Waals surface area contributed by atoms with E-state index in [2.05, 4.69) is 15.3 Å².